The van der Waals surface area contributed by atoms with Crippen LogP contribution < -0.4 is 16.0 Å². The van der Waals surface area contributed by atoms with Crippen molar-refractivity contribution in [3.63, 3.8) is 0 Å². The number of esters is 1. The molecular formula is C30H38N8O3. The fourth-order valence-corrected chi connectivity index (χ4v) is 5.60. The van der Waals surface area contributed by atoms with Gasteiger partial charge in [-0.15, -0.1) is 0 Å². The Balaban J connectivity index is 1.22. The van der Waals surface area contributed by atoms with Gasteiger partial charge in [0.2, 0.25) is 5.95 Å². The number of hydrogen-bond donors (Lipinski definition) is 2. The van der Waals surface area contributed by atoms with Crippen LogP contribution in [0.3, 0.4) is 0 Å². The maximum absolute atomic E-state index is 11.5. The number of pyridine rings is 1. The zero-order chi connectivity index (χ0) is 28.6. The van der Waals surface area contributed by atoms with Crippen LogP contribution in [-0.2, 0) is 20.9 Å². The molecule has 0 spiro atoms. The Morgan fingerprint density at radius 3 is 2.68 bits per heavy atom. The van der Waals surface area contributed by atoms with Gasteiger partial charge in [0.15, 0.2) is 0 Å². The molecule has 216 valence electrons. The van der Waals surface area contributed by atoms with Gasteiger partial charge in [-0.3, -0.25) is 14.6 Å². The van der Waals surface area contributed by atoms with Gasteiger partial charge in [0, 0.05) is 75.8 Å². The lowest BCUT2D eigenvalue weighted by atomic mass is 10.1. The molecule has 5 rings (SSSR count). The van der Waals surface area contributed by atoms with E-state index in [1.807, 2.05) is 36.5 Å². The molecule has 0 saturated carbocycles. The Labute approximate surface area is 240 Å². The van der Waals surface area contributed by atoms with Crippen molar-refractivity contribution in [3.8, 4) is 11.3 Å². The summed E-state index contributed by atoms with van der Waals surface area (Å²) in [4.78, 5) is 42.9. The van der Waals surface area contributed by atoms with Crippen molar-refractivity contribution in [2.75, 3.05) is 56.0 Å². The van der Waals surface area contributed by atoms with Crippen LogP contribution in [-0.4, -0.2) is 95.0 Å². The van der Waals surface area contributed by atoms with Gasteiger partial charge in [-0.05, 0) is 48.9 Å². The largest absolute Gasteiger partial charge is 0.461 e. The SMILES string of the molecule is CC(=O)OC1CC(CCN)N(c2ccc(-c3ccnc(Nc4cccc(CN5CCN(CC=O)CC5)c4)n3)cn2)C1. The van der Waals surface area contributed by atoms with Crippen LogP contribution in [0.25, 0.3) is 11.3 Å². The Bertz CT molecular complexity index is 1310. The summed E-state index contributed by atoms with van der Waals surface area (Å²) in [5.41, 5.74) is 9.62. The first-order valence-corrected chi connectivity index (χ1v) is 14.2. The number of aromatic nitrogens is 3. The van der Waals surface area contributed by atoms with Gasteiger partial charge in [-0.25, -0.2) is 15.0 Å². The molecule has 2 aliphatic rings. The molecule has 2 aliphatic heterocycles. The van der Waals surface area contributed by atoms with Crippen molar-refractivity contribution < 1.29 is 14.3 Å². The molecule has 2 unspecified atom stereocenters. The number of nitrogens with two attached hydrogens (primary N) is 1. The van der Waals surface area contributed by atoms with E-state index in [1.165, 1.54) is 12.5 Å². The number of anilines is 3. The van der Waals surface area contributed by atoms with E-state index in [-0.39, 0.29) is 18.1 Å². The highest BCUT2D eigenvalue weighted by molar-refractivity contribution is 5.66. The van der Waals surface area contributed by atoms with E-state index in [2.05, 4.69) is 37.1 Å². The van der Waals surface area contributed by atoms with Crippen LogP contribution in [0.1, 0.15) is 25.3 Å². The summed E-state index contributed by atoms with van der Waals surface area (Å²) >= 11 is 0. The number of aldehydes is 1. The van der Waals surface area contributed by atoms with E-state index in [0.717, 1.165) is 74.6 Å². The molecule has 2 fully saturated rings. The Morgan fingerprint density at radius 1 is 1.12 bits per heavy atom. The lowest BCUT2D eigenvalue weighted by molar-refractivity contribution is -0.145. The highest BCUT2D eigenvalue weighted by Gasteiger charge is 2.34. The number of ether oxygens (including phenoxy) is 1. The summed E-state index contributed by atoms with van der Waals surface area (Å²) in [7, 11) is 0. The van der Waals surface area contributed by atoms with Gasteiger partial charge in [-0.1, -0.05) is 12.1 Å². The van der Waals surface area contributed by atoms with E-state index in [0.29, 0.717) is 25.6 Å². The Morgan fingerprint density at radius 2 is 1.95 bits per heavy atom. The minimum absolute atomic E-state index is 0.154. The highest BCUT2D eigenvalue weighted by atomic mass is 16.5. The van der Waals surface area contributed by atoms with Crippen molar-refractivity contribution in [2.24, 2.45) is 5.73 Å². The number of rotatable bonds is 11. The first kappa shape index (κ1) is 28.6. The fourth-order valence-electron chi connectivity index (χ4n) is 5.60. The van der Waals surface area contributed by atoms with E-state index in [1.54, 1.807) is 6.20 Å². The average molecular weight is 559 g/mol. The molecule has 1 aromatic carbocycles. The fraction of sp³-hybridized carbons (Fsp3) is 0.433. The van der Waals surface area contributed by atoms with Crippen molar-refractivity contribution in [1.82, 2.24) is 24.8 Å². The average Bonchev–Trinajstić information content (AvgIpc) is 3.36. The number of hydrogen-bond acceptors (Lipinski definition) is 11. The molecule has 0 aliphatic carbocycles. The molecule has 41 heavy (non-hydrogen) atoms. The summed E-state index contributed by atoms with van der Waals surface area (Å²) in [6.45, 7) is 7.69. The molecule has 3 aromatic rings. The zero-order valence-corrected chi connectivity index (χ0v) is 23.5. The molecule has 0 radical (unpaired) electrons. The van der Waals surface area contributed by atoms with Crippen LogP contribution in [0.15, 0.2) is 54.9 Å². The quantitative estimate of drug-likeness (QED) is 0.266. The van der Waals surface area contributed by atoms with Gasteiger partial charge in [0.25, 0.3) is 0 Å². The molecule has 2 aromatic heterocycles. The Hall–Kier alpha value is -3.93. The predicted octanol–water partition coefficient (Wildman–Crippen LogP) is 2.46. The monoisotopic (exact) mass is 558 g/mol. The van der Waals surface area contributed by atoms with Crippen LogP contribution in [0.2, 0.25) is 0 Å². The lowest BCUT2D eigenvalue weighted by Gasteiger charge is -2.33. The van der Waals surface area contributed by atoms with Crippen molar-refractivity contribution in [1.29, 1.82) is 0 Å². The van der Waals surface area contributed by atoms with Crippen molar-refractivity contribution in [3.05, 3.63) is 60.4 Å². The Kier molecular flexibility index (Phi) is 9.50. The van der Waals surface area contributed by atoms with E-state index in [9.17, 15) is 9.59 Å². The number of piperazine rings is 1. The lowest BCUT2D eigenvalue weighted by Crippen LogP contribution is -2.46. The minimum atomic E-state index is -0.267. The van der Waals surface area contributed by atoms with Crippen molar-refractivity contribution >= 4 is 29.7 Å². The molecule has 11 nitrogen and oxygen atoms in total. The van der Waals surface area contributed by atoms with Crippen LogP contribution in [0, 0.1) is 0 Å². The highest BCUT2D eigenvalue weighted by Crippen LogP contribution is 2.29. The van der Waals surface area contributed by atoms with Crippen LogP contribution in [0.5, 0.6) is 0 Å². The predicted molar refractivity (Wildman–Crippen MR) is 158 cm³/mol. The molecule has 2 atom stereocenters. The summed E-state index contributed by atoms with van der Waals surface area (Å²) in [5, 5.41) is 3.34. The van der Waals surface area contributed by atoms with E-state index < -0.39 is 0 Å². The molecule has 0 amide bonds. The smallest absolute Gasteiger partial charge is 0.302 e. The second kappa shape index (κ2) is 13.6. The normalized spacial score (nSPS) is 19.7. The maximum Gasteiger partial charge on any atom is 0.302 e. The second-order valence-electron chi connectivity index (χ2n) is 10.6. The van der Waals surface area contributed by atoms with Crippen molar-refractivity contribution in [2.45, 2.75) is 38.5 Å². The third-order valence-corrected chi connectivity index (χ3v) is 7.59. The number of benzene rings is 1. The zero-order valence-electron chi connectivity index (χ0n) is 23.5. The standard InChI is InChI=1S/C30H38N8O3/c1-22(40)41-27-18-26(7-9-31)38(21-27)29-6-5-24(19-33-29)28-8-10-32-30(35-28)34-25-4-2-3-23(17-25)20-37-13-11-36(12-14-37)15-16-39/h2-6,8,10,16-17,19,26-27H,7,9,11-15,18,20-21,31H2,1H3,(H,32,34,35). The van der Waals surface area contributed by atoms with Crippen LogP contribution in [0.4, 0.5) is 17.5 Å². The third-order valence-electron chi connectivity index (χ3n) is 7.59. The van der Waals surface area contributed by atoms with Gasteiger partial charge < -0.3 is 25.5 Å². The topological polar surface area (TPSA) is 130 Å². The number of carbonyl (C=O) groups excluding carboxylic acids is 2. The van der Waals surface area contributed by atoms with Gasteiger partial charge >= 0.3 is 5.97 Å². The summed E-state index contributed by atoms with van der Waals surface area (Å²) in [5.74, 6) is 1.08. The maximum atomic E-state index is 11.5. The number of nitrogens with one attached hydrogen (secondary N) is 1. The first-order chi connectivity index (χ1) is 20.0. The second-order valence-corrected chi connectivity index (χ2v) is 10.6. The summed E-state index contributed by atoms with van der Waals surface area (Å²) in [6, 6.07) is 14.3. The first-order valence-electron chi connectivity index (χ1n) is 14.2. The number of nitrogens with zero attached hydrogens (tertiary/aromatic N) is 6. The van der Waals surface area contributed by atoms with Gasteiger partial charge in [0.05, 0.1) is 18.8 Å². The molecular weight excluding hydrogens is 520 g/mol. The minimum Gasteiger partial charge on any atom is -0.461 e. The van der Waals surface area contributed by atoms with E-state index in [4.69, 9.17) is 20.4 Å². The molecule has 4 heterocycles. The van der Waals surface area contributed by atoms with Crippen LogP contribution >= 0.6 is 0 Å². The molecule has 0 bridgehead atoms. The molecule has 2 saturated heterocycles. The summed E-state index contributed by atoms with van der Waals surface area (Å²) < 4.78 is 5.46. The third kappa shape index (κ3) is 7.63. The summed E-state index contributed by atoms with van der Waals surface area (Å²) in [6.07, 6.45) is 5.93. The molecule has 11 heteroatoms. The van der Waals surface area contributed by atoms with Gasteiger partial charge in [0.1, 0.15) is 18.2 Å². The molecule has 3 N–H and O–H groups in total. The van der Waals surface area contributed by atoms with Gasteiger partial charge in [-0.2, -0.15) is 0 Å². The van der Waals surface area contributed by atoms with E-state index >= 15 is 0 Å². The number of carbonyl (C=O) groups is 2.